The molecule has 5 N–H and O–H groups in total. The second kappa shape index (κ2) is 5.95. The van der Waals surface area contributed by atoms with Crippen LogP contribution in [0, 0.1) is 0 Å². The van der Waals surface area contributed by atoms with Crippen LogP contribution in [-0.4, -0.2) is 59.8 Å². The van der Waals surface area contributed by atoms with E-state index in [1.807, 2.05) is 6.92 Å². The number of primary amides is 1. The number of nitrogens with two attached hydrogens (primary N) is 2. The summed E-state index contributed by atoms with van der Waals surface area (Å²) in [6.45, 7) is 2.30. The zero-order valence-corrected chi connectivity index (χ0v) is 9.83. The summed E-state index contributed by atoms with van der Waals surface area (Å²) in [6.07, 6.45) is -0.567. The minimum Gasteiger partial charge on any atom is -0.394 e. The molecule has 17 heavy (non-hydrogen) atoms. The van der Waals surface area contributed by atoms with Crippen molar-refractivity contribution in [3.8, 4) is 0 Å². The fourth-order valence-corrected chi connectivity index (χ4v) is 1.75. The maximum Gasteiger partial charge on any atom is 0.240 e. The maximum absolute atomic E-state index is 12.0. The van der Waals surface area contributed by atoms with Gasteiger partial charge in [0.25, 0.3) is 0 Å². The van der Waals surface area contributed by atoms with Crippen LogP contribution in [0.2, 0.25) is 0 Å². The fraction of sp³-hybridized carbons (Fsp3) is 0.800. The Bertz CT molecular complexity index is 297. The highest BCUT2D eigenvalue weighted by Crippen LogP contribution is 2.13. The van der Waals surface area contributed by atoms with Crippen molar-refractivity contribution < 1.29 is 19.4 Å². The van der Waals surface area contributed by atoms with Crippen molar-refractivity contribution in [2.24, 2.45) is 11.5 Å². The highest BCUT2D eigenvalue weighted by atomic mass is 16.5. The van der Waals surface area contributed by atoms with Crippen molar-refractivity contribution in [3.63, 3.8) is 0 Å². The quantitative estimate of drug-likeness (QED) is 0.519. The molecule has 1 aliphatic rings. The Kier molecular flexibility index (Phi) is 4.86. The molecule has 7 heteroatoms. The van der Waals surface area contributed by atoms with E-state index in [1.165, 1.54) is 4.90 Å². The molecule has 1 fully saturated rings. The van der Waals surface area contributed by atoms with Gasteiger partial charge in [0.15, 0.2) is 0 Å². The van der Waals surface area contributed by atoms with Gasteiger partial charge in [0.1, 0.15) is 0 Å². The number of morpholine rings is 1. The number of hydrogen-bond donors (Lipinski definition) is 3. The minimum absolute atomic E-state index is 0.121. The normalized spacial score (nSPS) is 26.6. The molecule has 0 aromatic rings. The number of amides is 2. The van der Waals surface area contributed by atoms with Crippen molar-refractivity contribution >= 4 is 11.8 Å². The third kappa shape index (κ3) is 3.65. The van der Waals surface area contributed by atoms with Crippen LogP contribution >= 0.6 is 0 Å². The van der Waals surface area contributed by atoms with Gasteiger partial charge in [-0.3, -0.25) is 9.59 Å². The van der Waals surface area contributed by atoms with Crippen LogP contribution in [0.1, 0.15) is 13.3 Å². The number of carbonyl (C=O) groups excluding carboxylic acids is 2. The van der Waals surface area contributed by atoms with Crippen LogP contribution in [-0.2, 0) is 14.3 Å². The number of aliphatic hydroxyl groups is 1. The van der Waals surface area contributed by atoms with E-state index >= 15 is 0 Å². The molecule has 1 heterocycles. The number of nitrogens with zero attached hydrogens (tertiary/aromatic N) is 1. The lowest BCUT2D eigenvalue weighted by atomic mass is 10.1. The van der Waals surface area contributed by atoms with Gasteiger partial charge < -0.3 is 26.2 Å². The van der Waals surface area contributed by atoms with Crippen molar-refractivity contribution in [3.05, 3.63) is 0 Å². The van der Waals surface area contributed by atoms with Crippen LogP contribution in [0.5, 0.6) is 0 Å². The Morgan fingerprint density at radius 1 is 1.59 bits per heavy atom. The summed E-state index contributed by atoms with van der Waals surface area (Å²) in [4.78, 5) is 24.2. The van der Waals surface area contributed by atoms with E-state index in [-0.39, 0.29) is 31.5 Å². The molecule has 0 aromatic heterocycles. The molecule has 0 radical (unpaired) electrons. The van der Waals surface area contributed by atoms with Crippen LogP contribution < -0.4 is 11.5 Å². The lowest BCUT2D eigenvalue weighted by Gasteiger charge is -2.38. The largest absolute Gasteiger partial charge is 0.394 e. The second-order valence-electron chi connectivity index (χ2n) is 4.25. The summed E-state index contributed by atoms with van der Waals surface area (Å²) >= 11 is 0. The van der Waals surface area contributed by atoms with Gasteiger partial charge >= 0.3 is 0 Å². The molecule has 2 amide bonds. The standard InChI is InChI=1S/C10H19N3O4/c1-6-5-17-7(4-14)3-13(6)10(16)8(11)2-9(12)15/h6-8,14H,2-5,11H2,1H3,(H2,12,15). The number of aliphatic hydroxyl groups excluding tert-OH is 1. The average molecular weight is 245 g/mol. The van der Waals surface area contributed by atoms with Gasteiger partial charge in [-0.25, -0.2) is 0 Å². The third-order valence-corrected chi connectivity index (χ3v) is 2.73. The molecule has 3 unspecified atom stereocenters. The maximum atomic E-state index is 12.0. The Balaban J connectivity index is 2.62. The summed E-state index contributed by atoms with van der Waals surface area (Å²) in [6, 6.07) is -1.04. The Morgan fingerprint density at radius 3 is 2.76 bits per heavy atom. The van der Waals surface area contributed by atoms with E-state index in [9.17, 15) is 9.59 Å². The van der Waals surface area contributed by atoms with E-state index in [0.717, 1.165) is 0 Å². The van der Waals surface area contributed by atoms with Gasteiger partial charge in [0.05, 0.1) is 37.8 Å². The summed E-state index contributed by atoms with van der Waals surface area (Å²) in [5, 5.41) is 8.99. The lowest BCUT2D eigenvalue weighted by Crippen LogP contribution is -2.56. The van der Waals surface area contributed by atoms with Crippen LogP contribution in [0.3, 0.4) is 0 Å². The third-order valence-electron chi connectivity index (χ3n) is 2.73. The predicted octanol–water partition coefficient (Wildman–Crippen LogP) is -2.20. The molecular formula is C10H19N3O4. The van der Waals surface area contributed by atoms with E-state index in [0.29, 0.717) is 6.61 Å². The first-order valence-corrected chi connectivity index (χ1v) is 5.52. The molecular weight excluding hydrogens is 226 g/mol. The van der Waals surface area contributed by atoms with Gasteiger partial charge in [-0.1, -0.05) is 0 Å². The summed E-state index contributed by atoms with van der Waals surface area (Å²) in [5.41, 5.74) is 10.6. The predicted molar refractivity (Wildman–Crippen MR) is 59.8 cm³/mol. The summed E-state index contributed by atoms with van der Waals surface area (Å²) in [5.74, 6) is -0.941. The smallest absolute Gasteiger partial charge is 0.240 e. The molecule has 3 atom stereocenters. The van der Waals surface area contributed by atoms with E-state index in [4.69, 9.17) is 21.3 Å². The minimum atomic E-state index is -0.924. The molecule has 98 valence electrons. The highest BCUT2D eigenvalue weighted by molar-refractivity contribution is 5.87. The van der Waals surface area contributed by atoms with Crippen LogP contribution in [0.25, 0.3) is 0 Å². The molecule has 0 bridgehead atoms. The van der Waals surface area contributed by atoms with Gasteiger partial charge in [0.2, 0.25) is 11.8 Å². The summed E-state index contributed by atoms with van der Waals surface area (Å²) < 4.78 is 5.30. The molecule has 0 saturated carbocycles. The SMILES string of the molecule is CC1COC(CO)CN1C(=O)C(N)CC(N)=O. The number of carbonyl (C=O) groups is 2. The van der Waals surface area contributed by atoms with Crippen molar-refractivity contribution in [2.75, 3.05) is 19.8 Å². The van der Waals surface area contributed by atoms with Gasteiger partial charge in [-0.2, -0.15) is 0 Å². The first-order valence-electron chi connectivity index (χ1n) is 5.52. The zero-order chi connectivity index (χ0) is 13.0. The first kappa shape index (κ1) is 13.9. The molecule has 0 aliphatic carbocycles. The van der Waals surface area contributed by atoms with Gasteiger partial charge in [-0.15, -0.1) is 0 Å². The molecule has 7 nitrogen and oxygen atoms in total. The average Bonchev–Trinajstić information content (AvgIpc) is 2.28. The van der Waals surface area contributed by atoms with E-state index in [1.54, 1.807) is 0 Å². The zero-order valence-electron chi connectivity index (χ0n) is 9.83. The number of rotatable bonds is 4. The molecule has 0 aromatic carbocycles. The van der Waals surface area contributed by atoms with Gasteiger partial charge in [0, 0.05) is 6.54 Å². The first-order chi connectivity index (χ1) is 7.95. The highest BCUT2D eigenvalue weighted by Gasteiger charge is 2.32. The van der Waals surface area contributed by atoms with Crippen molar-refractivity contribution in [1.82, 2.24) is 4.90 Å². The molecule has 1 aliphatic heterocycles. The monoisotopic (exact) mass is 245 g/mol. The summed E-state index contributed by atoms with van der Waals surface area (Å²) in [7, 11) is 0. The van der Waals surface area contributed by atoms with Gasteiger partial charge in [-0.05, 0) is 6.92 Å². The van der Waals surface area contributed by atoms with Crippen LogP contribution in [0.4, 0.5) is 0 Å². The van der Waals surface area contributed by atoms with E-state index < -0.39 is 18.1 Å². The topological polar surface area (TPSA) is 119 Å². The van der Waals surface area contributed by atoms with Crippen LogP contribution in [0.15, 0.2) is 0 Å². The Labute approximate surface area is 99.7 Å². The lowest BCUT2D eigenvalue weighted by molar-refractivity contribution is -0.148. The number of ether oxygens (including phenoxy) is 1. The van der Waals surface area contributed by atoms with Crippen molar-refractivity contribution in [2.45, 2.75) is 31.5 Å². The Hall–Kier alpha value is -1.18. The second-order valence-corrected chi connectivity index (χ2v) is 4.25. The van der Waals surface area contributed by atoms with E-state index in [2.05, 4.69) is 0 Å². The fourth-order valence-electron chi connectivity index (χ4n) is 1.75. The molecule has 1 rings (SSSR count). The molecule has 0 spiro atoms. The molecule has 1 saturated heterocycles. The Morgan fingerprint density at radius 2 is 2.24 bits per heavy atom. The van der Waals surface area contributed by atoms with Crippen molar-refractivity contribution in [1.29, 1.82) is 0 Å². The number of hydrogen-bond acceptors (Lipinski definition) is 5.